The number of likely N-dealkylation sites (tertiary alicyclic amines) is 1. The molecule has 0 amide bonds. The number of piperidine rings is 1. The van der Waals surface area contributed by atoms with Gasteiger partial charge in [0.05, 0.1) is 0 Å². The summed E-state index contributed by atoms with van der Waals surface area (Å²) in [6.07, 6.45) is 7.84. The van der Waals surface area contributed by atoms with E-state index < -0.39 is 0 Å². The lowest BCUT2D eigenvalue weighted by Crippen LogP contribution is -2.61. The first-order chi connectivity index (χ1) is 9.72. The number of rotatable bonds is 0. The minimum Gasteiger partial charge on any atom is -0.508 e. The molecule has 1 aromatic rings. The van der Waals surface area contributed by atoms with Gasteiger partial charge in [-0.2, -0.15) is 0 Å². The quantitative estimate of drug-likeness (QED) is 0.783. The van der Waals surface area contributed by atoms with Crippen molar-refractivity contribution >= 4 is 0 Å². The Morgan fingerprint density at radius 2 is 2.15 bits per heavy atom. The summed E-state index contributed by atoms with van der Waals surface area (Å²) in [5.41, 5.74) is 4.91. The van der Waals surface area contributed by atoms with E-state index in [1.54, 1.807) is 11.1 Å². The van der Waals surface area contributed by atoms with Crippen LogP contribution in [-0.4, -0.2) is 29.6 Å². The van der Waals surface area contributed by atoms with Crippen LogP contribution >= 0.6 is 0 Å². The lowest BCUT2D eigenvalue weighted by atomic mass is 9.51. The maximum atomic E-state index is 10.3. The molecule has 0 aromatic heterocycles. The summed E-state index contributed by atoms with van der Waals surface area (Å²) in [7, 11) is 2.32. The number of phenolic OH excluding ortho intramolecular Hbond substituents is 1. The van der Waals surface area contributed by atoms with Crippen molar-refractivity contribution in [1.82, 2.24) is 4.90 Å². The van der Waals surface area contributed by atoms with Gasteiger partial charge < -0.3 is 10.0 Å². The molecule has 3 aliphatic carbocycles. The van der Waals surface area contributed by atoms with Crippen LogP contribution in [0, 0.1) is 11.8 Å². The SMILES string of the molecule is CN1CCC23c4c5ccc(O)c4CC2CCCC3C1C5. The van der Waals surface area contributed by atoms with Gasteiger partial charge in [-0.3, -0.25) is 0 Å². The van der Waals surface area contributed by atoms with Crippen LogP contribution in [0.4, 0.5) is 0 Å². The molecular formula is C18H23NO. The number of hydrogen-bond acceptors (Lipinski definition) is 2. The third-order valence-electron chi connectivity index (χ3n) is 7.09. The Labute approximate surface area is 120 Å². The van der Waals surface area contributed by atoms with Crippen molar-refractivity contribution in [2.75, 3.05) is 13.6 Å². The Kier molecular flexibility index (Phi) is 2.09. The lowest BCUT2D eigenvalue weighted by Gasteiger charge is -2.59. The fourth-order valence-electron chi connectivity index (χ4n) is 6.37. The number of benzene rings is 1. The summed E-state index contributed by atoms with van der Waals surface area (Å²) in [5.74, 6) is 2.22. The molecule has 0 radical (unpaired) electrons. The van der Waals surface area contributed by atoms with Crippen LogP contribution in [0.2, 0.25) is 0 Å². The van der Waals surface area contributed by atoms with Gasteiger partial charge in [0.2, 0.25) is 0 Å². The summed E-state index contributed by atoms with van der Waals surface area (Å²) in [4.78, 5) is 2.62. The molecule has 2 heteroatoms. The van der Waals surface area contributed by atoms with E-state index in [1.165, 1.54) is 44.2 Å². The first-order valence-electron chi connectivity index (χ1n) is 8.26. The van der Waals surface area contributed by atoms with E-state index in [-0.39, 0.29) is 0 Å². The average Bonchev–Trinajstić information content (AvgIpc) is 2.79. The highest BCUT2D eigenvalue weighted by Gasteiger charge is 2.60. The second-order valence-electron chi connectivity index (χ2n) is 7.58. The van der Waals surface area contributed by atoms with Crippen molar-refractivity contribution in [3.8, 4) is 5.75 Å². The van der Waals surface area contributed by atoms with Gasteiger partial charge in [-0.15, -0.1) is 0 Å². The van der Waals surface area contributed by atoms with Gasteiger partial charge in [0, 0.05) is 11.5 Å². The lowest BCUT2D eigenvalue weighted by molar-refractivity contribution is -0.0225. The number of phenols is 1. The summed E-state index contributed by atoms with van der Waals surface area (Å²) in [6, 6.07) is 4.92. The van der Waals surface area contributed by atoms with Crippen LogP contribution in [-0.2, 0) is 18.3 Å². The number of aromatic hydroxyl groups is 1. The molecule has 1 aromatic carbocycles. The van der Waals surface area contributed by atoms with Gasteiger partial charge in [-0.25, -0.2) is 0 Å². The monoisotopic (exact) mass is 269 g/mol. The highest BCUT2D eigenvalue weighted by Crippen LogP contribution is 2.63. The van der Waals surface area contributed by atoms with E-state index in [1.807, 2.05) is 6.07 Å². The van der Waals surface area contributed by atoms with Crippen molar-refractivity contribution in [3.63, 3.8) is 0 Å². The molecule has 2 nitrogen and oxygen atoms in total. The predicted molar refractivity (Wildman–Crippen MR) is 79.1 cm³/mol. The van der Waals surface area contributed by atoms with Gasteiger partial charge in [0.1, 0.15) is 5.75 Å². The zero-order valence-corrected chi connectivity index (χ0v) is 12.2. The largest absolute Gasteiger partial charge is 0.508 e. The summed E-state index contributed by atoms with van der Waals surface area (Å²) in [5, 5.41) is 10.3. The molecule has 1 heterocycles. The summed E-state index contributed by atoms with van der Waals surface area (Å²) >= 11 is 0. The molecule has 20 heavy (non-hydrogen) atoms. The highest BCUT2D eigenvalue weighted by atomic mass is 16.3. The minimum atomic E-state index is 0.428. The van der Waals surface area contributed by atoms with Crippen molar-refractivity contribution in [2.45, 2.75) is 50.0 Å². The minimum absolute atomic E-state index is 0.428. The second kappa shape index (κ2) is 3.59. The Balaban J connectivity index is 1.82. The van der Waals surface area contributed by atoms with Gasteiger partial charge in [-0.1, -0.05) is 12.5 Å². The van der Waals surface area contributed by atoms with Crippen LogP contribution in [0.1, 0.15) is 42.4 Å². The number of nitrogens with zero attached hydrogens (tertiary/aromatic N) is 1. The van der Waals surface area contributed by atoms with E-state index in [0.717, 1.165) is 24.3 Å². The second-order valence-corrected chi connectivity index (χ2v) is 7.58. The Morgan fingerprint density at radius 1 is 1.25 bits per heavy atom. The predicted octanol–water partition coefficient (Wildman–Crippen LogP) is 2.86. The molecule has 106 valence electrons. The fraction of sp³-hybridized carbons (Fsp3) is 0.667. The number of hydrogen-bond donors (Lipinski definition) is 1. The highest BCUT2D eigenvalue weighted by molar-refractivity contribution is 5.56. The first-order valence-corrected chi connectivity index (χ1v) is 8.26. The first kappa shape index (κ1) is 11.6. The third kappa shape index (κ3) is 1.13. The van der Waals surface area contributed by atoms with Gasteiger partial charge in [0.25, 0.3) is 0 Å². The zero-order valence-electron chi connectivity index (χ0n) is 12.2. The van der Waals surface area contributed by atoms with E-state index in [4.69, 9.17) is 0 Å². The van der Waals surface area contributed by atoms with Gasteiger partial charge >= 0.3 is 0 Å². The standard InChI is InChI=1S/C18H23NO/c1-19-8-7-18-12-3-2-4-14(18)15(19)9-11-5-6-16(20)13(10-12)17(11)18/h5-6,12,14-15,20H,2-4,7-10H2,1H3. The van der Waals surface area contributed by atoms with Crippen LogP contribution in [0.3, 0.4) is 0 Å². The Bertz CT molecular complexity index is 595. The van der Waals surface area contributed by atoms with E-state index >= 15 is 0 Å². The van der Waals surface area contributed by atoms with Gasteiger partial charge in [0.15, 0.2) is 0 Å². The van der Waals surface area contributed by atoms with Crippen molar-refractivity contribution in [3.05, 3.63) is 28.8 Å². The van der Waals surface area contributed by atoms with E-state index in [0.29, 0.717) is 11.2 Å². The summed E-state index contributed by atoms with van der Waals surface area (Å²) < 4.78 is 0. The molecule has 1 N–H and O–H groups in total. The van der Waals surface area contributed by atoms with Gasteiger partial charge in [-0.05, 0) is 80.3 Å². The van der Waals surface area contributed by atoms with E-state index in [2.05, 4.69) is 18.0 Å². The number of likely N-dealkylation sites (N-methyl/N-ethyl adjacent to an activating group) is 1. The molecule has 4 aliphatic rings. The molecule has 2 fully saturated rings. The molecule has 5 rings (SSSR count). The van der Waals surface area contributed by atoms with Crippen molar-refractivity contribution in [1.29, 1.82) is 0 Å². The van der Waals surface area contributed by atoms with Crippen molar-refractivity contribution in [2.24, 2.45) is 11.8 Å². The van der Waals surface area contributed by atoms with Crippen LogP contribution in [0.5, 0.6) is 5.75 Å². The molecule has 4 atom stereocenters. The third-order valence-corrected chi connectivity index (χ3v) is 7.09. The van der Waals surface area contributed by atoms with Crippen LogP contribution < -0.4 is 0 Å². The molecule has 1 aliphatic heterocycles. The molecular weight excluding hydrogens is 246 g/mol. The maximum Gasteiger partial charge on any atom is 0.119 e. The van der Waals surface area contributed by atoms with Crippen LogP contribution in [0.25, 0.3) is 0 Å². The zero-order chi connectivity index (χ0) is 13.5. The smallest absolute Gasteiger partial charge is 0.119 e. The molecule has 2 bridgehead atoms. The molecule has 1 saturated heterocycles. The molecule has 1 spiro atoms. The normalized spacial score (nSPS) is 41.5. The topological polar surface area (TPSA) is 23.5 Å². The maximum absolute atomic E-state index is 10.3. The molecule has 1 saturated carbocycles. The Hall–Kier alpha value is -1.02. The molecule has 4 unspecified atom stereocenters. The van der Waals surface area contributed by atoms with Crippen molar-refractivity contribution < 1.29 is 5.11 Å². The summed E-state index contributed by atoms with van der Waals surface area (Å²) in [6.45, 7) is 1.24. The Morgan fingerprint density at radius 3 is 3.05 bits per heavy atom. The fourth-order valence-corrected chi connectivity index (χ4v) is 6.37. The van der Waals surface area contributed by atoms with Crippen LogP contribution in [0.15, 0.2) is 12.1 Å². The average molecular weight is 269 g/mol. The van der Waals surface area contributed by atoms with E-state index in [9.17, 15) is 5.11 Å².